The molecule has 55 valence electrons. The zero-order valence-electron chi connectivity index (χ0n) is 6.20. The molecule has 0 bridgehead atoms. The molecule has 0 aromatic heterocycles. The first kappa shape index (κ1) is 7.62. The highest BCUT2D eigenvalue weighted by molar-refractivity contribution is 5.29. The van der Waals surface area contributed by atoms with Crippen molar-refractivity contribution >= 4 is 0 Å². The average molecular weight is 146 g/mol. The van der Waals surface area contributed by atoms with Crippen LogP contribution in [0.1, 0.15) is 18.4 Å². The largest absolute Gasteiger partial charge is 0.507 e. The van der Waals surface area contributed by atoms with E-state index < -0.39 is 0 Å². The van der Waals surface area contributed by atoms with E-state index in [9.17, 15) is 0 Å². The van der Waals surface area contributed by atoms with Crippen molar-refractivity contribution in [3.8, 4) is 11.8 Å². The topological polar surface area (TPSA) is 44.0 Å². The molecule has 0 fully saturated rings. The number of hydrogen-bond donors (Lipinski definition) is 1. The molecule has 0 amide bonds. The molecule has 0 aliphatic heterocycles. The molecule has 0 heterocycles. The van der Waals surface area contributed by atoms with E-state index in [4.69, 9.17) is 10.4 Å². The fourth-order valence-electron chi connectivity index (χ4n) is 0.773. The Morgan fingerprint density at radius 3 is 2.82 bits per heavy atom. The van der Waals surface area contributed by atoms with Gasteiger partial charge in [0.15, 0.2) is 0 Å². The molecule has 11 heavy (non-hydrogen) atoms. The second-order valence-electron chi connectivity index (χ2n) is 2.36. The zero-order valence-corrected chi connectivity index (χ0v) is 6.20. The predicted octanol–water partition coefficient (Wildman–Crippen LogP) is 1.82. The first-order valence-corrected chi connectivity index (χ1v) is 3.34. The van der Waals surface area contributed by atoms with E-state index in [0.29, 0.717) is 0 Å². The Morgan fingerprint density at radius 1 is 1.64 bits per heavy atom. The minimum Gasteiger partial charge on any atom is -0.507 e. The van der Waals surface area contributed by atoms with Gasteiger partial charge in [0.1, 0.15) is 5.75 Å². The molecular weight excluding hydrogens is 138 g/mol. The Hall–Kier alpha value is -1.49. The van der Waals surface area contributed by atoms with Crippen molar-refractivity contribution in [3.63, 3.8) is 0 Å². The van der Waals surface area contributed by atoms with Crippen LogP contribution in [0.5, 0.6) is 5.75 Å². The summed E-state index contributed by atoms with van der Waals surface area (Å²) in [5, 5.41) is 17.4. The fourth-order valence-corrected chi connectivity index (χ4v) is 0.773. The van der Waals surface area contributed by atoms with Gasteiger partial charge in [0.05, 0.1) is 12.0 Å². The Kier molecular flexibility index (Phi) is 2.12. The van der Waals surface area contributed by atoms with Crippen LogP contribution >= 0.6 is 0 Å². The van der Waals surface area contributed by atoms with E-state index in [2.05, 4.69) is 12.1 Å². The molecule has 1 radical (unpaired) electrons. The normalized spacial score (nSPS) is 12.0. The van der Waals surface area contributed by atoms with Crippen LogP contribution in [0.15, 0.2) is 18.2 Å². The molecule has 0 aliphatic carbocycles. The number of nitrogens with zero attached hydrogens (tertiary/aromatic N) is 1. The first-order valence-electron chi connectivity index (χ1n) is 3.34. The second-order valence-corrected chi connectivity index (χ2v) is 2.36. The van der Waals surface area contributed by atoms with Crippen LogP contribution in [0.25, 0.3) is 0 Å². The maximum Gasteiger partial charge on any atom is 0.123 e. The van der Waals surface area contributed by atoms with Gasteiger partial charge in [-0.2, -0.15) is 5.26 Å². The van der Waals surface area contributed by atoms with Crippen LogP contribution in [-0.4, -0.2) is 5.11 Å². The quantitative estimate of drug-likeness (QED) is 0.656. The lowest BCUT2D eigenvalue weighted by molar-refractivity contribution is 0.474. The van der Waals surface area contributed by atoms with Gasteiger partial charge in [-0.05, 0) is 24.6 Å². The van der Waals surface area contributed by atoms with Crippen LogP contribution < -0.4 is 0 Å². The maximum atomic E-state index is 8.87. The van der Waals surface area contributed by atoms with Gasteiger partial charge in [0.25, 0.3) is 0 Å². The van der Waals surface area contributed by atoms with E-state index in [0.717, 1.165) is 5.56 Å². The van der Waals surface area contributed by atoms with Crippen molar-refractivity contribution in [2.75, 3.05) is 0 Å². The van der Waals surface area contributed by atoms with Gasteiger partial charge in [0, 0.05) is 6.07 Å². The summed E-state index contributed by atoms with van der Waals surface area (Å²) in [5.41, 5.74) is 0.880. The molecule has 1 N–H and O–H groups in total. The van der Waals surface area contributed by atoms with Crippen LogP contribution in [0.3, 0.4) is 0 Å². The lowest BCUT2D eigenvalue weighted by Gasteiger charge is -2.00. The summed E-state index contributed by atoms with van der Waals surface area (Å²) >= 11 is 0. The Bertz CT molecular complexity index is 271. The van der Waals surface area contributed by atoms with E-state index >= 15 is 0 Å². The molecule has 1 rings (SSSR count). The number of benzene rings is 1. The smallest absolute Gasteiger partial charge is 0.123 e. The molecule has 2 heteroatoms. The summed E-state index contributed by atoms with van der Waals surface area (Å²) in [5.74, 6) is -0.0225. The van der Waals surface area contributed by atoms with E-state index in [-0.39, 0.29) is 11.7 Å². The summed E-state index contributed by atoms with van der Waals surface area (Å²) in [6.07, 6.45) is 0. The summed E-state index contributed by atoms with van der Waals surface area (Å²) in [7, 11) is 0. The highest BCUT2D eigenvalue weighted by atomic mass is 16.3. The zero-order chi connectivity index (χ0) is 8.27. The standard InChI is InChI=1S/C9H8NO/c1-7(6-10)8-2-4-9(11)5-3-8/h2-4,7,11H,1H3. The number of aromatic hydroxyl groups is 1. The van der Waals surface area contributed by atoms with Crippen LogP contribution in [0, 0.1) is 17.4 Å². The van der Waals surface area contributed by atoms with Crippen LogP contribution in [0.4, 0.5) is 0 Å². The van der Waals surface area contributed by atoms with Crippen LogP contribution in [-0.2, 0) is 0 Å². The van der Waals surface area contributed by atoms with Crippen molar-refractivity contribution in [3.05, 3.63) is 29.8 Å². The first-order chi connectivity index (χ1) is 5.24. The lowest BCUT2D eigenvalue weighted by Crippen LogP contribution is -1.87. The van der Waals surface area contributed by atoms with Crippen LogP contribution in [0.2, 0.25) is 0 Å². The van der Waals surface area contributed by atoms with Crippen molar-refractivity contribution in [2.24, 2.45) is 0 Å². The van der Waals surface area contributed by atoms with Crippen molar-refractivity contribution < 1.29 is 5.11 Å². The SMILES string of the molecule is CC(C#N)c1c[c]c(O)cc1. The lowest BCUT2D eigenvalue weighted by atomic mass is 10.0. The van der Waals surface area contributed by atoms with Gasteiger partial charge in [-0.1, -0.05) is 6.07 Å². The Balaban J connectivity index is 2.92. The van der Waals surface area contributed by atoms with Gasteiger partial charge < -0.3 is 5.11 Å². The summed E-state index contributed by atoms with van der Waals surface area (Å²) in [6, 6.07) is 9.60. The number of phenolic OH excluding ortho intramolecular Hbond substituents is 1. The third-order valence-corrected chi connectivity index (χ3v) is 1.51. The summed E-state index contributed by atoms with van der Waals surface area (Å²) in [4.78, 5) is 0. The molecule has 0 saturated carbocycles. The molecule has 1 aromatic rings. The number of hydrogen-bond acceptors (Lipinski definition) is 2. The third kappa shape index (κ3) is 1.71. The number of nitriles is 1. The second kappa shape index (κ2) is 3.07. The number of rotatable bonds is 1. The average Bonchev–Trinajstić information content (AvgIpc) is 2.05. The summed E-state index contributed by atoms with van der Waals surface area (Å²) in [6.45, 7) is 1.81. The molecule has 1 unspecified atom stereocenters. The highest BCUT2D eigenvalue weighted by Crippen LogP contribution is 2.16. The van der Waals surface area contributed by atoms with E-state index in [1.54, 1.807) is 19.1 Å². The van der Waals surface area contributed by atoms with E-state index in [1.165, 1.54) is 6.07 Å². The molecular formula is C9H8NO. The van der Waals surface area contributed by atoms with Gasteiger partial charge in [0.2, 0.25) is 0 Å². The predicted molar refractivity (Wildman–Crippen MR) is 41.0 cm³/mol. The van der Waals surface area contributed by atoms with Crippen molar-refractivity contribution in [1.29, 1.82) is 5.26 Å². The number of phenols is 1. The molecule has 0 spiro atoms. The minimum atomic E-state index is -0.133. The molecule has 2 nitrogen and oxygen atoms in total. The van der Waals surface area contributed by atoms with Crippen molar-refractivity contribution in [2.45, 2.75) is 12.8 Å². The molecule has 0 aliphatic rings. The van der Waals surface area contributed by atoms with Gasteiger partial charge in [-0.15, -0.1) is 0 Å². The molecule has 1 atom stereocenters. The van der Waals surface area contributed by atoms with E-state index in [1.807, 2.05) is 0 Å². The van der Waals surface area contributed by atoms with Gasteiger partial charge >= 0.3 is 0 Å². The summed E-state index contributed by atoms with van der Waals surface area (Å²) < 4.78 is 0. The van der Waals surface area contributed by atoms with Gasteiger partial charge in [-0.3, -0.25) is 0 Å². The molecule has 1 aromatic carbocycles. The monoisotopic (exact) mass is 146 g/mol. The Labute approximate surface area is 65.7 Å². The Morgan fingerprint density at radius 2 is 2.36 bits per heavy atom. The molecule has 0 saturated heterocycles. The van der Waals surface area contributed by atoms with Crippen molar-refractivity contribution in [1.82, 2.24) is 0 Å². The third-order valence-electron chi connectivity index (χ3n) is 1.51. The minimum absolute atomic E-state index is 0.110. The fraction of sp³-hybridized carbons (Fsp3) is 0.222. The van der Waals surface area contributed by atoms with Gasteiger partial charge in [-0.25, -0.2) is 0 Å². The highest BCUT2D eigenvalue weighted by Gasteiger charge is 2.01. The maximum absolute atomic E-state index is 8.87.